The average molecular weight is 540 g/mol. The third-order valence-electron chi connectivity index (χ3n) is 4.15. The zero-order valence-electron chi connectivity index (χ0n) is 19.0. The Balaban J connectivity index is 2.16. The monoisotopic (exact) mass is 538 g/mol. The first kappa shape index (κ1) is 24.9. The highest BCUT2D eigenvalue weighted by atomic mass is 79.9. The molecule has 0 unspecified atom stereocenters. The van der Waals surface area contributed by atoms with Gasteiger partial charge in [-0.05, 0) is 87.3 Å². The van der Waals surface area contributed by atoms with Gasteiger partial charge in [0.1, 0.15) is 17.0 Å². The van der Waals surface area contributed by atoms with Crippen LogP contribution in [0.4, 0.5) is 15.4 Å². The lowest BCUT2D eigenvalue weighted by Gasteiger charge is -2.27. The van der Waals surface area contributed by atoms with E-state index in [1.807, 2.05) is 0 Å². The van der Waals surface area contributed by atoms with Crippen LogP contribution in [-0.2, 0) is 9.47 Å². The number of carbonyl (C=O) groups excluding carboxylic acids is 2. The number of halogens is 2. The fourth-order valence-corrected chi connectivity index (χ4v) is 3.71. The maximum atomic E-state index is 13.0. The largest absolute Gasteiger partial charge is 0.506 e. The molecule has 0 aliphatic rings. The van der Waals surface area contributed by atoms with Crippen LogP contribution in [-0.4, -0.2) is 33.7 Å². The molecule has 0 aliphatic carbocycles. The minimum Gasteiger partial charge on any atom is -0.506 e. The van der Waals surface area contributed by atoms with E-state index in [0.29, 0.717) is 36.5 Å². The van der Waals surface area contributed by atoms with Gasteiger partial charge in [0.15, 0.2) is 11.4 Å². The number of benzene rings is 2. The van der Waals surface area contributed by atoms with Crippen LogP contribution in [0.15, 0.2) is 39.3 Å². The Labute approximate surface area is 204 Å². The SMILES string of the molecule is CC(C)(C)OC(=O)N(C(=O)OC(C)(C)C)c1noc2ccc(-c3cc(Cl)cc(Br)c3O)cc12. The second-order valence-electron chi connectivity index (χ2n) is 9.30. The topological polar surface area (TPSA) is 102 Å². The summed E-state index contributed by atoms with van der Waals surface area (Å²) in [6.07, 6.45) is -1.93. The molecule has 0 radical (unpaired) electrons. The lowest BCUT2D eigenvalue weighted by Crippen LogP contribution is -2.44. The van der Waals surface area contributed by atoms with E-state index in [2.05, 4.69) is 21.1 Å². The van der Waals surface area contributed by atoms with Crippen LogP contribution in [0.5, 0.6) is 5.75 Å². The summed E-state index contributed by atoms with van der Waals surface area (Å²) in [4.78, 5) is 26.7. The number of fused-ring (bicyclic) bond motifs is 1. The van der Waals surface area contributed by atoms with E-state index in [0.717, 1.165) is 0 Å². The molecular formula is C23H24BrClN2O6. The van der Waals surface area contributed by atoms with E-state index < -0.39 is 23.4 Å². The number of carbonyl (C=O) groups is 2. The van der Waals surface area contributed by atoms with Gasteiger partial charge in [0.2, 0.25) is 0 Å². The first-order valence-electron chi connectivity index (χ1n) is 10.0. The number of imide groups is 1. The molecule has 0 saturated carbocycles. The maximum absolute atomic E-state index is 13.0. The fraction of sp³-hybridized carbons (Fsp3) is 0.348. The van der Waals surface area contributed by atoms with Crippen LogP contribution < -0.4 is 4.90 Å². The second kappa shape index (κ2) is 8.87. The smallest absolute Gasteiger partial charge is 0.425 e. The number of rotatable bonds is 2. The van der Waals surface area contributed by atoms with Gasteiger partial charge in [-0.1, -0.05) is 22.8 Å². The van der Waals surface area contributed by atoms with E-state index >= 15 is 0 Å². The number of amides is 2. The third-order valence-corrected chi connectivity index (χ3v) is 4.98. The number of nitrogens with zero attached hydrogens (tertiary/aromatic N) is 2. The lowest BCUT2D eigenvalue weighted by molar-refractivity contribution is 0.0428. The van der Waals surface area contributed by atoms with Gasteiger partial charge in [-0.2, -0.15) is 4.90 Å². The number of phenolic OH excluding ortho intramolecular Hbond substituents is 1. The normalized spacial score (nSPS) is 12.0. The van der Waals surface area contributed by atoms with E-state index in [-0.39, 0.29) is 11.6 Å². The van der Waals surface area contributed by atoms with Gasteiger partial charge in [0, 0.05) is 10.6 Å². The summed E-state index contributed by atoms with van der Waals surface area (Å²) < 4.78 is 16.6. The van der Waals surface area contributed by atoms with Crippen molar-refractivity contribution in [2.45, 2.75) is 52.7 Å². The van der Waals surface area contributed by atoms with Crippen molar-refractivity contribution in [1.82, 2.24) is 5.16 Å². The molecule has 1 aromatic heterocycles. The Morgan fingerprint density at radius 3 is 2.15 bits per heavy atom. The van der Waals surface area contributed by atoms with Crippen LogP contribution in [0, 0.1) is 0 Å². The standard InChI is InChI=1S/C23H24BrClN2O6/c1-22(2,3)31-20(29)27(21(30)32-23(4,5)6)19-15-9-12(7-8-17(15)33-26-19)14-10-13(25)11-16(24)18(14)28/h7-11,28H,1-6H3. The zero-order valence-corrected chi connectivity index (χ0v) is 21.4. The van der Waals surface area contributed by atoms with Gasteiger partial charge in [-0.25, -0.2) is 9.59 Å². The first-order valence-corrected chi connectivity index (χ1v) is 11.2. The molecule has 0 aliphatic heterocycles. The summed E-state index contributed by atoms with van der Waals surface area (Å²) in [5.74, 6) is -0.121. The van der Waals surface area contributed by atoms with Crippen molar-refractivity contribution in [1.29, 1.82) is 0 Å². The van der Waals surface area contributed by atoms with Crippen LogP contribution in [0.25, 0.3) is 22.1 Å². The van der Waals surface area contributed by atoms with Gasteiger partial charge in [-0.3, -0.25) is 0 Å². The first-order chi connectivity index (χ1) is 15.2. The second-order valence-corrected chi connectivity index (χ2v) is 10.6. The molecule has 1 heterocycles. The summed E-state index contributed by atoms with van der Waals surface area (Å²) in [5, 5.41) is 15.2. The molecule has 0 atom stereocenters. The molecule has 33 heavy (non-hydrogen) atoms. The van der Waals surface area contributed by atoms with Crippen LogP contribution >= 0.6 is 27.5 Å². The van der Waals surface area contributed by atoms with Crippen molar-refractivity contribution >= 4 is 56.5 Å². The molecule has 2 aromatic carbocycles. The summed E-state index contributed by atoms with van der Waals surface area (Å²) in [6.45, 7) is 10.1. The van der Waals surface area contributed by atoms with Crippen LogP contribution in [0.2, 0.25) is 5.02 Å². The fourth-order valence-electron chi connectivity index (χ4n) is 2.90. The lowest BCUT2D eigenvalue weighted by atomic mass is 10.0. The Bertz CT molecular complexity index is 1200. The Morgan fingerprint density at radius 2 is 1.61 bits per heavy atom. The minimum atomic E-state index is -0.967. The number of anilines is 1. The highest BCUT2D eigenvalue weighted by Crippen LogP contribution is 2.40. The van der Waals surface area contributed by atoms with Crippen molar-refractivity contribution in [2.75, 3.05) is 4.90 Å². The third kappa shape index (κ3) is 5.78. The molecule has 10 heteroatoms. The number of aromatic nitrogens is 1. The van der Waals surface area contributed by atoms with Crippen molar-refractivity contribution in [3.05, 3.63) is 39.8 Å². The molecular weight excluding hydrogens is 516 g/mol. The van der Waals surface area contributed by atoms with Crippen LogP contribution in [0.1, 0.15) is 41.5 Å². The molecule has 0 fully saturated rings. The summed E-state index contributed by atoms with van der Waals surface area (Å²) in [6, 6.07) is 8.09. The van der Waals surface area contributed by atoms with Crippen molar-refractivity contribution in [3.8, 4) is 16.9 Å². The Hall–Kier alpha value is -2.78. The summed E-state index contributed by atoms with van der Waals surface area (Å²) >= 11 is 9.43. The minimum absolute atomic E-state index is 0.0205. The summed E-state index contributed by atoms with van der Waals surface area (Å²) in [5.41, 5.74) is -0.445. The van der Waals surface area contributed by atoms with Gasteiger partial charge in [-0.15, -0.1) is 0 Å². The number of phenols is 1. The molecule has 176 valence electrons. The van der Waals surface area contributed by atoms with E-state index in [4.69, 9.17) is 25.6 Å². The summed E-state index contributed by atoms with van der Waals surface area (Å²) in [7, 11) is 0. The molecule has 8 nitrogen and oxygen atoms in total. The molecule has 0 spiro atoms. The van der Waals surface area contributed by atoms with Crippen molar-refractivity contribution < 1.29 is 28.7 Å². The van der Waals surface area contributed by atoms with E-state index in [1.54, 1.807) is 71.9 Å². The van der Waals surface area contributed by atoms with Crippen molar-refractivity contribution in [3.63, 3.8) is 0 Å². The zero-order chi connectivity index (χ0) is 24.7. The van der Waals surface area contributed by atoms with Gasteiger partial charge in [0.05, 0.1) is 9.86 Å². The molecule has 2 amide bonds. The van der Waals surface area contributed by atoms with Gasteiger partial charge < -0.3 is 19.1 Å². The number of aromatic hydroxyl groups is 1. The molecule has 0 bridgehead atoms. The van der Waals surface area contributed by atoms with E-state index in [9.17, 15) is 14.7 Å². The average Bonchev–Trinajstić information content (AvgIpc) is 3.04. The predicted molar refractivity (Wildman–Crippen MR) is 129 cm³/mol. The Morgan fingerprint density at radius 1 is 1.03 bits per heavy atom. The number of hydrogen-bond acceptors (Lipinski definition) is 7. The molecule has 1 N–H and O–H groups in total. The number of ether oxygens (including phenoxy) is 2. The number of hydrogen-bond donors (Lipinski definition) is 1. The highest BCUT2D eigenvalue weighted by molar-refractivity contribution is 9.10. The maximum Gasteiger partial charge on any atom is 0.425 e. The quantitative estimate of drug-likeness (QED) is 0.365. The van der Waals surface area contributed by atoms with Crippen LogP contribution in [0.3, 0.4) is 0 Å². The van der Waals surface area contributed by atoms with Gasteiger partial charge >= 0.3 is 12.2 Å². The Kier molecular flexibility index (Phi) is 6.68. The van der Waals surface area contributed by atoms with Gasteiger partial charge in [0.25, 0.3) is 0 Å². The predicted octanol–water partition coefficient (Wildman–Crippen LogP) is 7.29. The highest BCUT2D eigenvalue weighted by Gasteiger charge is 2.36. The molecule has 3 rings (SSSR count). The van der Waals surface area contributed by atoms with E-state index in [1.165, 1.54) is 0 Å². The van der Waals surface area contributed by atoms with Crippen molar-refractivity contribution in [2.24, 2.45) is 0 Å². The molecule has 3 aromatic rings. The molecule has 0 saturated heterocycles.